The molecule has 134 valence electrons. The summed E-state index contributed by atoms with van der Waals surface area (Å²) in [5, 5.41) is 11.3. The van der Waals surface area contributed by atoms with Gasteiger partial charge in [0.05, 0.1) is 12.7 Å². The van der Waals surface area contributed by atoms with Crippen LogP contribution in [0.2, 0.25) is 0 Å². The van der Waals surface area contributed by atoms with Crippen LogP contribution in [-0.2, 0) is 0 Å². The minimum Gasteiger partial charge on any atom is -0.496 e. The summed E-state index contributed by atoms with van der Waals surface area (Å²) in [7, 11) is 5.60. The average molecular weight is 356 g/mol. The Morgan fingerprint density at radius 2 is 1.67 bits per heavy atom. The van der Waals surface area contributed by atoms with E-state index in [1.54, 1.807) is 19.5 Å². The van der Waals surface area contributed by atoms with Crippen LogP contribution in [0.5, 0.6) is 5.75 Å². The molecule has 2 aromatic carbocycles. The molecule has 0 saturated carbocycles. The number of hydrogen-bond donors (Lipinski definition) is 0. The molecule has 0 spiro atoms. The van der Waals surface area contributed by atoms with E-state index in [0.717, 1.165) is 44.7 Å². The van der Waals surface area contributed by atoms with E-state index < -0.39 is 0 Å². The number of rotatable bonds is 4. The highest BCUT2D eigenvalue weighted by atomic mass is 16.5. The van der Waals surface area contributed by atoms with Crippen LogP contribution in [0.1, 0.15) is 0 Å². The summed E-state index contributed by atoms with van der Waals surface area (Å²) in [5.41, 5.74) is 3.76. The zero-order chi connectivity index (χ0) is 18.8. The predicted octanol–water partition coefficient (Wildman–Crippen LogP) is 4.43. The highest BCUT2D eigenvalue weighted by molar-refractivity contribution is 6.02. The van der Waals surface area contributed by atoms with E-state index in [2.05, 4.69) is 39.4 Å². The Labute approximate surface area is 158 Å². The van der Waals surface area contributed by atoms with Gasteiger partial charge in [-0.2, -0.15) is 0 Å². The largest absolute Gasteiger partial charge is 0.496 e. The van der Waals surface area contributed by atoms with Crippen molar-refractivity contribution in [2.45, 2.75) is 0 Å². The summed E-state index contributed by atoms with van der Waals surface area (Å²) in [6, 6.07) is 18.3. The molecule has 0 aliphatic rings. The maximum Gasteiger partial charge on any atom is 0.151 e. The fraction of sp³-hybridized carbons (Fsp3) is 0.136. The molecule has 5 nitrogen and oxygen atoms in total. The topological polar surface area (TPSA) is 51.1 Å². The highest BCUT2D eigenvalue weighted by Crippen LogP contribution is 2.41. The molecule has 0 fully saturated rings. The first kappa shape index (κ1) is 17.0. The van der Waals surface area contributed by atoms with Gasteiger partial charge in [0.1, 0.15) is 11.4 Å². The summed E-state index contributed by atoms with van der Waals surface area (Å²) in [6.45, 7) is 0. The number of benzene rings is 2. The predicted molar refractivity (Wildman–Crippen MR) is 109 cm³/mol. The zero-order valence-electron chi connectivity index (χ0n) is 15.5. The monoisotopic (exact) mass is 356 g/mol. The lowest BCUT2D eigenvalue weighted by atomic mass is 9.95. The second-order valence-corrected chi connectivity index (χ2v) is 6.46. The minimum atomic E-state index is 0.774. The third-order valence-electron chi connectivity index (χ3n) is 4.58. The van der Waals surface area contributed by atoms with Crippen molar-refractivity contribution in [1.29, 1.82) is 0 Å². The fourth-order valence-electron chi connectivity index (χ4n) is 3.20. The van der Waals surface area contributed by atoms with Crippen LogP contribution in [0.15, 0.2) is 67.0 Å². The number of hydrogen-bond acceptors (Lipinski definition) is 5. The maximum atomic E-state index is 5.69. The molecule has 2 heterocycles. The number of ether oxygens (including phenoxy) is 1. The van der Waals surface area contributed by atoms with E-state index in [0.29, 0.717) is 0 Å². The van der Waals surface area contributed by atoms with Crippen LogP contribution >= 0.6 is 0 Å². The molecule has 0 N–H and O–H groups in total. The van der Waals surface area contributed by atoms with Crippen molar-refractivity contribution in [1.82, 2.24) is 15.2 Å². The molecule has 0 aliphatic heterocycles. The molecule has 5 heteroatoms. The fourth-order valence-corrected chi connectivity index (χ4v) is 3.20. The summed E-state index contributed by atoms with van der Waals surface area (Å²) in [6.07, 6.45) is 3.57. The van der Waals surface area contributed by atoms with Crippen LogP contribution in [0.3, 0.4) is 0 Å². The van der Waals surface area contributed by atoms with E-state index in [9.17, 15) is 0 Å². The molecule has 0 atom stereocenters. The standard InChI is InChI=1S/C22H20N4O/c1-26(2)20-14-18(16-10-12-23-13-11-16)22(25-24-20)21-17-7-5-4-6-15(17)8-9-19(21)27-3/h4-14H,1-3H3. The Bertz CT molecular complexity index is 1090. The molecule has 4 aromatic rings. The Hall–Kier alpha value is -3.47. The van der Waals surface area contributed by atoms with Gasteiger partial charge in [0, 0.05) is 32.1 Å². The van der Waals surface area contributed by atoms with Crippen molar-refractivity contribution in [2.24, 2.45) is 0 Å². The SMILES string of the molecule is COc1ccc2ccccc2c1-c1nnc(N(C)C)cc1-c1ccncc1. The molecule has 0 radical (unpaired) electrons. The first-order chi connectivity index (χ1) is 13.2. The second-order valence-electron chi connectivity index (χ2n) is 6.46. The third-order valence-corrected chi connectivity index (χ3v) is 4.58. The van der Waals surface area contributed by atoms with E-state index in [1.165, 1.54) is 0 Å². The first-order valence-electron chi connectivity index (χ1n) is 8.70. The van der Waals surface area contributed by atoms with Crippen LogP contribution in [0, 0.1) is 0 Å². The first-order valence-corrected chi connectivity index (χ1v) is 8.70. The van der Waals surface area contributed by atoms with Crippen molar-refractivity contribution in [2.75, 3.05) is 26.1 Å². The lowest BCUT2D eigenvalue weighted by Gasteiger charge is -2.17. The van der Waals surface area contributed by atoms with Crippen molar-refractivity contribution in [3.63, 3.8) is 0 Å². The number of fused-ring (bicyclic) bond motifs is 1. The Morgan fingerprint density at radius 3 is 2.41 bits per heavy atom. The van der Waals surface area contributed by atoms with Gasteiger partial charge in [0.15, 0.2) is 5.82 Å². The van der Waals surface area contributed by atoms with Gasteiger partial charge in [-0.3, -0.25) is 4.98 Å². The van der Waals surface area contributed by atoms with E-state index >= 15 is 0 Å². The molecular formula is C22H20N4O. The van der Waals surface area contributed by atoms with Crippen molar-refractivity contribution in [3.8, 4) is 28.1 Å². The van der Waals surface area contributed by atoms with Crippen LogP contribution in [-0.4, -0.2) is 36.4 Å². The van der Waals surface area contributed by atoms with Gasteiger partial charge in [0.25, 0.3) is 0 Å². The number of nitrogens with zero attached hydrogens (tertiary/aromatic N) is 4. The summed E-state index contributed by atoms with van der Waals surface area (Å²) < 4.78 is 5.69. The minimum absolute atomic E-state index is 0.774. The lowest BCUT2D eigenvalue weighted by Crippen LogP contribution is -2.12. The van der Waals surface area contributed by atoms with Gasteiger partial charge in [0.2, 0.25) is 0 Å². The second kappa shape index (κ2) is 7.03. The Balaban J connectivity index is 2.07. The molecule has 0 aliphatic carbocycles. The van der Waals surface area contributed by atoms with Gasteiger partial charge in [-0.1, -0.05) is 30.3 Å². The van der Waals surface area contributed by atoms with E-state index in [-0.39, 0.29) is 0 Å². The Kier molecular flexibility index (Phi) is 4.42. The maximum absolute atomic E-state index is 5.69. The third kappa shape index (κ3) is 3.08. The summed E-state index contributed by atoms with van der Waals surface area (Å²) in [5.74, 6) is 1.57. The normalized spacial score (nSPS) is 10.8. The molecule has 0 unspecified atom stereocenters. The molecule has 0 saturated heterocycles. The van der Waals surface area contributed by atoms with Crippen LogP contribution in [0.25, 0.3) is 33.2 Å². The number of methoxy groups -OCH3 is 1. The molecule has 0 bridgehead atoms. The van der Waals surface area contributed by atoms with Gasteiger partial charge >= 0.3 is 0 Å². The molecule has 2 aromatic heterocycles. The van der Waals surface area contributed by atoms with Crippen molar-refractivity contribution < 1.29 is 4.74 Å². The quantitative estimate of drug-likeness (QED) is 0.541. The molecule has 0 amide bonds. The smallest absolute Gasteiger partial charge is 0.151 e. The highest BCUT2D eigenvalue weighted by Gasteiger charge is 2.18. The lowest BCUT2D eigenvalue weighted by molar-refractivity contribution is 0.417. The van der Waals surface area contributed by atoms with Gasteiger partial charge in [-0.05, 0) is 40.6 Å². The molecular weight excluding hydrogens is 336 g/mol. The van der Waals surface area contributed by atoms with E-state index in [4.69, 9.17) is 4.74 Å². The summed E-state index contributed by atoms with van der Waals surface area (Å²) >= 11 is 0. The zero-order valence-corrected chi connectivity index (χ0v) is 15.5. The number of anilines is 1. The Morgan fingerprint density at radius 1 is 0.889 bits per heavy atom. The van der Waals surface area contributed by atoms with Crippen LogP contribution < -0.4 is 9.64 Å². The molecule has 4 rings (SSSR count). The van der Waals surface area contributed by atoms with Gasteiger partial charge in [-0.15, -0.1) is 10.2 Å². The van der Waals surface area contributed by atoms with Gasteiger partial charge in [-0.25, -0.2) is 0 Å². The number of pyridine rings is 1. The van der Waals surface area contributed by atoms with Gasteiger partial charge < -0.3 is 9.64 Å². The van der Waals surface area contributed by atoms with Crippen molar-refractivity contribution >= 4 is 16.6 Å². The van der Waals surface area contributed by atoms with Crippen LogP contribution in [0.4, 0.5) is 5.82 Å². The van der Waals surface area contributed by atoms with E-state index in [1.807, 2.05) is 49.3 Å². The van der Waals surface area contributed by atoms with Crippen molar-refractivity contribution in [3.05, 3.63) is 67.0 Å². The number of aromatic nitrogens is 3. The molecule has 27 heavy (non-hydrogen) atoms. The average Bonchev–Trinajstić information content (AvgIpc) is 2.73. The summed E-state index contributed by atoms with van der Waals surface area (Å²) in [4.78, 5) is 6.09.